The Morgan fingerprint density at radius 3 is 2.33 bits per heavy atom. The molecule has 0 unspecified atom stereocenters. The molecule has 7 nitrogen and oxygen atoms in total. The molecule has 0 radical (unpaired) electrons. The molecule has 0 atom stereocenters. The molecule has 0 aliphatic heterocycles. The van der Waals surface area contributed by atoms with Crippen molar-refractivity contribution in [2.45, 2.75) is 25.7 Å². The van der Waals surface area contributed by atoms with E-state index in [1.165, 1.54) is 5.56 Å². The Labute approximate surface area is 185 Å². The molecule has 0 aromatic heterocycles. The third kappa shape index (κ3) is 9.02. The fourth-order valence-electron chi connectivity index (χ4n) is 2.40. The van der Waals surface area contributed by atoms with Crippen molar-refractivity contribution in [3.63, 3.8) is 0 Å². The number of nitrogens with one attached hydrogen (secondary N) is 3. The molecule has 0 bridgehead atoms. The Morgan fingerprint density at radius 2 is 1.63 bits per heavy atom. The molecule has 0 saturated carbocycles. The van der Waals surface area contributed by atoms with E-state index in [9.17, 15) is 14.4 Å². The molecule has 30 heavy (non-hydrogen) atoms. The Kier molecular flexibility index (Phi) is 9.76. The van der Waals surface area contributed by atoms with Crippen LogP contribution in [0.3, 0.4) is 0 Å². The predicted octanol–water partition coefficient (Wildman–Crippen LogP) is 2.93. The maximum atomic E-state index is 11.9. The minimum atomic E-state index is -0.463. The zero-order valence-electron chi connectivity index (χ0n) is 16.2. The molecule has 0 aliphatic rings. The van der Waals surface area contributed by atoms with Crippen molar-refractivity contribution in [1.29, 1.82) is 0 Å². The molecule has 9 heteroatoms. The van der Waals surface area contributed by atoms with E-state index in [-0.39, 0.29) is 18.0 Å². The summed E-state index contributed by atoms with van der Waals surface area (Å²) in [6, 6.07) is 16.2. The minimum absolute atomic E-state index is 0.0586. The van der Waals surface area contributed by atoms with Gasteiger partial charge < -0.3 is 10.1 Å². The molecule has 2 aromatic rings. The lowest BCUT2D eigenvalue weighted by Crippen LogP contribution is -2.48. The molecular formula is C21H22ClN3O4S. The van der Waals surface area contributed by atoms with Crippen molar-refractivity contribution in [3.8, 4) is 0 Å². The number of hydrogen-bond donors (Lipinski definition) is 3. The normalized spacial score (nSPS) is 10.0. The lowest BCUT2D eigenvalue weighted by atomic mass is 10.1. The summed E-state index contributed by atoms with van der Waals surface area (Å²) < 4.78 is 5.12. The van der Waals surface area contributed by atoms with Crippen LogP contribution in [-0.4, -0.2) is 29.5 Å². The van der Waals surface area contributed by atoms with E-state index in [4.69, 9.17) is 28.6 Å². The molecule has 0 saturated heterocycles. The number of aryl methyl sites for hydroxylation is 1. The number of hydrazine groups is 1. The van der Waals surface area contributed by atoms with Gasteiger partial charge in [0.1, 0.15) is 0 Å². The van der Waals surface area contributed by atoms with Crippen LogP contribution in [0.4, 0.5) is 0 Å². The fourth-order valence-corrected chi connectivity index (χ4v) is 2.69. The number of benzene rings is 2. The number of hydrogen-bond acceptors (Lipinski definition) is 5. The summed E-state index contributed by atoms with van der Waals surface area (Å²) in [6.07, 6.45) is 1.39. The van der Waals surface area contributed by atoms with Gasteiger partial charge in [0.15, 0.2) is 5.11 Å². The van der Waals surface area contributed by atoms with Crippen LogP contribution in [0, 0.1) is 0 Å². The molecule has 0 fully saturated rings. The lowest BCUT2D eigenvalue weighted by molar-refractivity contribution is -0.145. The van der Waals surface area contributed by atoms with Gasteiger partial charge in [-0.2, -0.15) is 0 Å². The van der Waals surface area contributed by atoms with Gasteiger partial charge in [0.25, 0.3) is 5.91 Å². The second kappa shape index (κ2) is 12.6. The summed E-state index contributed by atoms with van der Waals surface area (Å²) in [5.41, 5.74) is 6.33. The maximum absolute atomic E-state index is 11.9. The largest absolute Gasteiger partial charge is 0.466 e. The molecule has 2 aromatic carbocycles. The highest BCUT2D eigenvalue weighted by Crippen LogP contribution is 2.09. The van der Waals surface area contributed by atoms with Crippen molar-refractivity contribution >= 4 is 46.7 Å². The van der Waals surface area contributed by atoms with Gasteiger partial charge in [-0.05, 0) is 54.9 Å². The molecule has 0 aliphatic carbocycles. The Balaban J connectivity index is 1.56. The molecule has 2 rings (SSSR count). The SMILES string of the molecule is O=C(CCC(=O)OCCCc1ccccc1)NC(=S)NNC(=O)c1ccc(Cl)cc1. The van der Waals surface area contributed by atoms with E-state index in [1.54, 1.807) is 24.3 Å². The molecule has 2 amide bonds. The average Bonchev–Trinajstić information content (AvgIpc) is 2.75. The Morgan fingerprint density at radius 1 is 0.933 bits per heavy atom. The van der Waals surface area contributed by atoms with E-state index >= 15 is 0 Å². The standard InChI is InChI=1S/C21H22ClN3O4S/c22-17-10-8-16(9-11-17)20(28)24-25-21(30)23-18(26)12-13-19(27)29-14-4-7-15-5-2-1-3-6-15/h1-3,5-6,8-11H,4,7,12-14H2,(H,24,28)(H2,23,25,26,30). The first kappa shape index (κ1) is 23.3. The number of halogens is 1. The third-order valence-corrected chi connectivity index (χ3v) is 4.38. The van der Waals surface area contributed by atoms with Crippen LogP contribution in [0.5, 0.6) is 0 Å². The number of carbonyl (C=O) groups excluding carboxylic acids is 3. The van der Waals surface area contributed by atoms with Gasteiger partial charge in [0.2, 0.25) is 5.91 Å². The van der Waals surface area contributed by atoms with Gasteiger partial charge in [-0.15, -0.1) is 0 Å². The quantitative estimate of drug-likeness (QED) is 0.249. The summed E-state index contributed by atoms with van der Waals surface area (Å²) in [4.78, 5) is 35.5. The zero-order chi connectivity index (χ0) is 21.8. The number of carbonyl (C=O) groups is 3. The van der Waals surface area contributed by atoms with Crippen molar-refractivity contribution in [2.24, 2.45) is 0 Å². The van der Waals surface area contributed by atoms with Gasteiger partial charge in [0.05, 0.1) is 13.0 Å². The number of thiocarbonyl (C=S) groups is 1. The summed E-state index contributed by atoms with van der Waals surface area (Å²) in [7, 11) is 0. The van der Waals surface area contributed by atoms with E-state index in [1.807, 2.05) is 30.3 Å². The minimum Gasteiger partial charge on any atom is -0.466 e. The first-order chi connectivity index (χ1) is 14.4. The highest BCUT2D eigenvalue weighted by atomic mass is 35.5. The van der Waals surface area contributed by atoms with E-state index < -0.39 is 17.8 Å². The molecular weight excluding hydrogens is 426 g/mol. The first-order valence-corrected chi connectivity index (χ1v) is 10.1. The van der Waals surface area contributed by atoms with Crippen LogP contribution in [0.2, 0.25) is 5.02 Å². The fraction of sp³-hybridized carbons (Fsp3) is 0.238. The van der Waals surface area contributed by atoms with Gasteiger partial charge in [-0.1, -0.05) is 41.9 Å². The summed E-state index contributed by atoms with van der Waals surface area (Å²) in [5.74, 6) is -1.36. The van der Waals surface area contributed by atoms with Gasteiger partial charge in [0, 0.05) is 17.0 Å². The van der Waals surface area contributed by atoms with Gasteiger partial charge in [-0.25, -0.2) is 0 Å². The number of rotatable bonds is 8. The molecule has 3 N–H and O–H groups in total. The third-order valence-electron chi connectivity index (χ3n) is 3.92. The maximum Gasteiger partial charge on any atom is 0.306 e. The Hall–Kier alpha value is -2.97. The van der Waals surface area contributed by atoms with Crippen LogP contribution in [0.25, 0.3) is 0 Å². The van der Waals surface area contributed by atoms with Crippen molar-refractivity contribution in [2.75, 3.05) is 6.61 Å². The van der Waals surface area contributed by atoms with Crippen LogP contribution in [-0.2, 0) is 20.7 Å². The number of ether oxygens (including phenoxy) is 1. The Bertz CT molecular complexity index is 876. The summed E-state index contributed by atoms with van der Waals surface area (Å²) in [6.45, 7) is 0.298. The number of amides is 2. The van der Waals surface area contributed by atoms with Gasteiger partial charge >= 0.3 is 5.97 Å². The number of esters is 1. The lowest BCUT2D eigenvalue weighted by Gasteiger charge is -2.11. The first-order valence-electron chi connectivity index (χ1n) is 9.29. The molecule has 0 heterocycles. The van der Waals surface area contributed by atoms with Crippen LogP contribution in [0.1, 0.15) is 35.2 Å². The van der Waals surface area contributed by atoms with Crippen molar-refractivity contribution in [1.82, 2.24) is 16.2 Å². The second-order valence-corrected chi connectivity index (χ2v) is 7.12. The van der Waals surface area contributed by atoms with Crippen molar-refractivity contribution in [3.05, 3.63) is 70.7 Å². The second-order valence-electron chi connectivity index (χ2n) is 6.27. The predicted molar refractivity (Wildman–Crippen MR) is 118 cm³/mol. The topological polar surface area (TPSA) is 96.5 Å². The van der Waals surface area contributed by atoms with Crippen LogP contribution >= 0.6 is 23.8 Å². The zero-order valence-corrected chi connectivity index (χ0v) is 17.7. The highest BCUT2D eigenvalue weighted by molar-refractivity contribution is 7.80. The van der Waals surface area contributed by atoms with Gasteiger partial charge in [-0.3, -0.25) is 25.2 Å². The van der Waals surface area contributed by atoms with E-state index in [0.717, 1.165) is 6.42 Å². The summed E-state index contributed by atoms with van der Waals surface area (Å²) >= 11 is 10.7. The van der Waals surface area contributed by atoms with E-state index in [2.05, 4.69) is 16.2 Å². The van der Waals surface area contributed by atoms with Crippen LogP contribution in [0.15, 0.2) is 54.6 Å². The molecule has 0 spiro atoms. The summed E-state index contributed by atoms with van der Waals surface area (Å²) in [5, 5.41) is 2.80. The monoisotopic (exact) mass is 447 g/mol. The van der Waals surface area contributed by atoms with E-state index in [0.29, 0.717) is 23.6 Å². The average molecular weight is 448 g/mol. The molecule has 158 valence electrons. The van der Waals surface area contributed by atoms with Crippen LogP contribution < -0.4 is 16.2 Å². The highest BCUT2D eigenvalue weighted by Gasteiger charge is 2.11. The smallest absolute Gasteiger partial charge is 0.306 e. The van der Waals surface area contributed by atoms with Crippen molar-refractivity contribution < 1.29 is 19.1 Å².